The number of fused-ring (bicyclic) bond motifs is 1. The fraction of sp³-hybridized carbons (Fsp3) is 0.600. The van der Waals surface area contributed by atoms with Crippen molar-refractivity contribution in [2.45, 2.75) is 50.5 Å². The summed E-state index contributed by atoms with van der Waals surface area (Å²) < 4.78 is 30.3. The van der Waals surface area contributed by atoms with Gasteiger partial charge in [0.2, 0.25) is 0 Å². The minimum Gasteiger partial charge on any atom is -0.367 e. The molecule has 0 saturated heterocycles. The zero-order chi connectivity index (χ0) is 14.4. The van der Waals surface area contributed by atoms with Crippen molar-refractivity contribution in [1.82, 2.24) is 14.6 Å². The zero-order valence-electron chi connectivity index (χ0n) is 11.7. The predicted molar refractivity (Wildman–Crippen MR) is 75.5 cm³/mol. The largest absolute Gasteiger partial charge is 0.367 e. The topological polar surface area (TPSA) is 42.2 Å². The lowest BCUT2D eigenvalue weighted by Crippen LogP contribution is -2.22. The van der Waals surface area contributed by atoms with Gasteiger partial charge in [-0.25, -0.2) is 4.98 Å². The summed E-state index contributed by atoms with van der Waals surface area (Å²) in [7, 11) is 0. The SMILES string of the molecule is FC(F)(c1cc(NC2CCCC2)n2nccc2n1)C1CC1. The Balaban J connectivity index is 1.74. The van der Waals surface area contributed by atoms with Crippen molar-refractivity contribution in [1.29, 1.82) is 0 Å². The molecule has 4 nitrogen and oxygen atoms in total. The van der Waals surface area contributed by atoms with Crippen LogP contribution in [0.15, 0.2) is 18.3 Å². The first-order valence-corrected chi connectivity index (χ1v) is 7.64. The van der Waals surface area contributed by atoms with Gasteiger partial charge in [-0.3, -0.25) is 0 Å². The molecule has 2 heterocycles. The van der Waals surface area contributed by atoms with Gasteiger partial charge in [0.15, 0.2) is 5.65 Å². The lowest BCUT2D eigenvalue weighted by Gasteiger charge is -2.19. The molecule has 0 aromatic carbocycles. The number of nitrogens with one attached hydrogen (secondary N) is 1. The molecule has 21 heavy (non-hydrogen) atoms. The molecule has 112 valence electrons. The summed E-state index contributed by atoms with van der Waals surface area (Å²) in [6, 6.07) is 3.50. The molecule has 0 unspecified atom stereocenters. The number of nitrogens with zero attached hydrogens (tertiary/aromatic N) is 3. The van der Waals surface area contributed by atoms with E-state index in [1.165, 1.54) is 18.9 Å². The average molecular weight is 292 g/mol. The Morgan fingerprint density at radius 1 is 1.19 bits per heavy atom. The van der Waals surface area contributed by atoms with Crippen LogP contribution in [0.25, 0.3) is 5.65 Å². The minimum atomic E-state index is -2.84. The number of halogens is 2. The first-order chi connectivity index (χ1) is 10.1. The van der Waals surface area contributed by atoms with E-state index >= 15 is 0 Å². The Bertz CT molecular complexity index is 657. The standard InChI is InChI=1S/C15H18F2N4/c16-15(17,10-5-6-10)12-9-14(19-11-3-1-2-4-11)21-13(20-12)7-8-18-21/h7-11,19H,1-6H2. The third kappa shape index (κ3) is 2.26. The third-order valence-corrected chi connectivity index (χ3v) is 4.50. The molecule has 2 aliphatic rings. The molecule has 0 bridgehead atoms. The minimum absolute atomic E-state index is 0.126. The normalized spacial score (nSPS) is 20.3. The lowest BCUT2D eigenvalue weighted by molar-refractivity contribution is -0.0326. The van der Waals surface area contributed by atoms with E-state index in [1.54, 1.807) is 16.8 Å². The Hall–Kier alpha value is -1.72. The van der Waals surface area contributed by atoms with E-state index in [9.17, 15) is 8.78 Å². The number of hydrogen-bond acceptors (Lipinski definition) is 3. The maximum atomic E-state index is 14.3. The van der Waals surface area contributed by atoms with Crippen LogP contribution >= 0.6 is 0 Å². The first kappa shape index (κ1) is 13.0. The van der Waals surface area contributed by atoms with Crippen LogP contribution in [0.3, 0.4) is 0 Å². The van der Waals surface area contributed by atoms with E-state index in [1.807, 2.05) is 0 Å². The molecule has 0 amide bonds. The molecule has 2 fully saturated rings. The smallest absolute Gasteiger partial charge is 0.292 e. The third-order valence-electron chi connectivity index (χ3n) is 4.50. The van der Waals surface area contributed by atoms with E-state index in [0.29, 0.717) is 30.3 Å². The van der Waals surface area contributed by atoms with Crippen molar-refractivity contribution in [3.8, 4) is 0 Å². The van der Waals surface area contributed by atoms with Gasteiger partial charge in [-0.15, -0.1) is 0 Å². The quantitative estimate of drug-likeness (QED) is 0.936. The summed E-state index contributed by atoms with van der Waals surface area (Å²) in [6.45, 7) is 0. The molecule has 2 aromatic rings. The average Bonchev–Trinajstić information content (AvgIpc) is 3.01. The number of alkyl halides is 2. The Morgan fingerprint density at radius 2 is 1.95 bits per heavy atom. The van der Waals surface area contributed by atoms with Crippen molar-refractivity contribution in [2.24, 2.45) is 5.92 Å². The van der Waals surface area contributed by atoms with Gasteiger partial charge in [0.1, 0.15) is 11.5 Å². The van der Waals surface area contributed by atoms with Crippen LogP contribution in [-0.2, 0) is 5.92 Å². The van der Waals surface area contributed by atoms with Crippen LogP contribution in [0.5, 0.6) is 0 Å². The fourth-order valence-electron chi connectivity index (χ4n) is 3.12. The van der Waals surface area contributed by atoms with Gasteiger partial charge in [-0.05, 0) is 25.7 Å². The van der Waals surface area contributed by atoms with Crippen molar-refractivity contribution in [2.75, 3.05) is 5.32 Å². The summed E-state index contributed by atoms with van der Waals surface area (Å²) in [4.78, 5) is 4.11. The Morgan fingerprint density at radius 3 is 2.67 bits per heavy atom. The van der Waals surface area contributed by atoms with Crippen molar-refractivity contribution in [3.63, 3.8) is 0 Å². The number of rotatable bonds is 4. The van der Waals surface area contributed by atoms with E-state index in [2.05, 4.69) is 15.4 Å². The molecule has 4 rings (SSSR count). The van der Waals surface area contributed by atoms with Crippen LogP contribution in [0, 0.1) is 5.92 Å². The maximum absolute atomic E-state index is 14.3. The van der Waals surface area contributed by atoms with Gasteiger partial charge in [0.05, 0.1) is 6.20 Å². The molecule has 2 saturated carbocycles. The number of hydrogen-bond donors (Lipinski definition) is 1. The number of aromatic nitrogens is 3. The van der Waals surface area contributed by atoms with Crippen LogP contribution in [0.1, 0.15) is 44.2 Å². The highest BCUT2D eigenvalue weighted by atomic mass is 19.3. The van der Waals surface area contributed by atoms with Crippen LogP contribution in [0.2, 0.25) is 0 Å². The van der Waals surface area contributed by atoms with Crippen molar-refractivity contribution >= 4 is 11.5 Å². The Kier molecular flexibility index (Phi) is 2.87. The van der Waals surface area contributed by atoms with Crippen LogP contribution in [-0.4, -0.2) is 20.6 Å². The molecule has 2 aromatic heterocycles. The lowest BCUT2D eigenvalue weighted by atomic mass is 10.1. The summed E-state index contributed by atoms with van der Waals surface area (Å²) >= 11 is 0. The summed E-state index contributed by atoms with van der Waals surface area (Å²) in [5.41, 5.74) is 0.354. The molecule has 1 N–H and O–H groups in total. The predicted octanol–water partition coefficient (Wildman–Crippen LogP) is 3.59. The van der Waals surface area contributed by atoms with Crippen molar-refractivity contribution < 1.29 is 8.78 Å². The summed E-state index contributed by atoms with van der Waals surface area (Å²) in [5.74, 6) is -2.75. The first-order valence-electron chi connectivity index (χ1n) is 7.64. The monoisotopic (exact) mass is 292 g/mol. The van der Waals surface area contributed by atoms with Gasteiger partial charge in [-0.2, -0.15) is 18.4 Å². The van der Waals surface area contributed by atoms with Crippen molar-refractivity contribution in [3.05, 3.63) is 24.0 Å². The van der Waals surface area contributed by atoms with E-state index in [0.717, 1.165) is 12.8 Å². The second-order valence-electron chi connectivity index (χ2n) is 6.15. The molecule has 0 spiro atoms. The molecular formula is C15H18F2N4. The van der Waals surface area contributed by atoms with Crippen LogP contribution in [0.4, 0.5) is 14.6 Å². The molecule has 0 radical (unpaired) electrons. The fourth-order valence-corrected chi connectivity index (χ4v) is 3.12. The van der Waals surface area contributed by atoms with Gasteiger partial charge in [0.25, 0.3) is 5.92 Å². The van der Waals surface area contributed by atoms with E-state index in [-0.39, 0.29) is 5.69 Å². The second-order valence-corrected chi connectivity index (χ2v) is 6.15. The van der Waals surface area contributed by atoms with E-state index < -0.39 is 11.8 Å². The van der Waals surface area contributed by atoms with E-state index in [4.69, 9.17) is 0 Å². The van der Waals surface area contributed by atoms with Gasteiger partial charge >= 0.3 is 0 Å². The highest BCUT2D eigenvalue weighted by Gasteiger charge is 2.49. The second kappa shape index (κ2) is 4.64. The Labute approximate surface area is 121 Å². The molecule has 0 aliphatic heterocycles. The molecule has 6 heteroatoms. The highest BCUT2D eigenvalue weighted by Crippen LogP contribution is 2.49. The van der Waals surface area contributed by atoms with Gasteiger partial charge in [0, 0.05) is 24.1 Å². The van der Waals surface area contributed by atoms with Gasteiger partial charge in [-0.1, -0.05) is 12.8 Å². The molecule has 2 aliphatic carbocycles. The summed E-state index contributed by atoms with van der Waals surface area (Å²) in [5, 5.41) is 7.56. The zero-order valence-corrected chi connectivity index (χ0v) is 11.7. The van der Waals surface area contributed by atoms with Crippen LogP contribution < -0.4 is 5.32 Å². The highest BCUT2D eigenvalue weighted by molar-refractivity contribution is 5.50. The number of anilines is 1. The summed E-state index contributed by atoms with van der Waals surface area (Å²) in [6.07, 6.45) is 7.32. The molecular weight excluding hydrogens is 274 g/mol. The van der Waals surface area contributed by atoms with Gasteiger partial charge < -0.3 is 5.32 Å². The molecule has 0 atom stereocenters. The maximum Gasteiger partial charge on any atom is 0.292 e.